The fraction of sp³-hybridized carbons (Fsp3) is 0.500. The second-order valence-corrected chi connectivity index (χ2v) is 7.94. The van der Waals surface area contributed by atoms with Crippen LogP contribution in [0.2, 0.25) is 0 Å². The first-order chi connectivity index (χ1) is 12.8. The van der Waals surface area contributed by atoms with Gasteiger partial charge in [-0.15, -0.1) is 0 Å². The number of nitrogens with zero attached hydrogens (tertiary/aromatic N) is 2. The molecule has 1 aromatic heterocycles. The maximum atomic E-state index is 15.1. The van der Waals surface area contributed by atoms with Crippen molar-refractivity contribution in [2.75, 3.05) is 18.0 Å². The molecule has 0 radical (unpaired) electrons. The average Bonchev–Trinajstić information content (AvgIpc) is 3.31. The van der Waals surface area contributed by atoms with Crippen molar-refractivity contribution in [2.24, 2.45) is 17.4 Å². The van der Waals surface area contributed by atoms with Gasteiger partial charge in [-0.2, -0.15) is 0 Å². The third kappa shape index (κ3) is 2.90. The second-order valence-electron chi connectivity index (χ2n) is 7.94. The van der Waals surface area contributed by atoms with Gasteiger partial charge in [-0.1, -0.05) is 0 Å². The minimum Gasteiger partial charge on any atom is -0.369 e. The van der Waals surface area contributed by atoms with Crippen LogP contribution in [0.5, 0.6) is 0 Å². The second kappa shape index (κ2) is 6.34. The van der Waals surface area contributed by atoms with Gasteiger partial charge in [0.25, 0.3) is 5.56 Å². The number of hydrogen-bond donors (Lipinski definition) is 2. The largest absolute Gasteiger partial charge is 0.369 e. The van der Waals surface area contributed by atoms with E-state index in [0.717, 1.165) is 25.8 Å². The van der Waals surface area contributed by atoms with Crippen molar-refractivity contribution in [1.82, 2.24) is 4.57 Å². The zero-order valence-electron chi connectivity index (χ0n) is 15.7. The van der Waals surface area contributed by atoms with E-state index in [2.05, 4.69) is 0 Å². The standard InChI is InChI=1S/C20H25FN4O2/c1-10-18-14(15(20(23)27)8-17(26)25(18)13-3-4-13)7-16(21)19(10)24-6-5-12(9-24)11(2)22/h7-8,11-13H,3-6,9,22H2,1-2H3,(H2,23,27)/t11-,12+/m0/s1. The number of halogens is 1. The van der Waals surface area contributed by atoms with Crippen molar-refractivity contribution in [2.45, 2.75) is 45.2 Å². The van der Waals surface area contributed by atoms with E-state index in [-0.39, 0.29) is 23.2 Å². The number of nitrogens with two attached hydrogens (primary N) is 2. The first-order valence-electron chi connectivity index (χ1n) is 9.48. The van der Waals surface area contributed by atoms with Gasteiger partial charge >= 0.3 is 0 Å². The summed E-state index contributed by atoms with van der Waals surface area (Å²) >= 11 is 0. The van der Waals surface area contributed by atoms with Crippen molar-refractivity contribution in [3.8, 4) is 0 Å². The smallest absolute Gasteiger partial charge is 0.252 e. The minimum atomic E-state index is -0.718. The number of anilines is 1. The van der Waals surface area contributed by atoms with Crippen LogP contribution in [-0.4, -0.2) is 29.6 Å². The summed E-state index contributed by atoms with van der Waals surface area (Å²) < 4.78 is 16.8. The fourth-order valence-electron chi connectivity index (χ4n) is 4.36. The van der Waals surface area contributed by atoms with Crippen LogP contribution in [0.15, 0.2) is 16.9 Å². The zero-order chi connectivity index (χ0) is 19.5. The number of amides is 1. The van der Waals surface area contributed by atoms with Crippen LogP contribution in [0.25, 0.3) is 10.9 Å². The van der Waals surface area contributed by atoms with Gasteiger partial charge in [-0.3, -0.25) is 9.59 Å². The number of benzene rings is 1. The Bertz CT molecular complexity index is 994. The van der Waals surface area contributed by atoms with Crippen molar-refractivity contribution >= 4 is 22.5 Å². The number of aromatic nitrogens is 1. The Labute approximate surface area is 156 Å². The molecular weight excluding hydrogens is 347 g/mol. The molecule has 2 aliphatic rings. The van der Waals surface area contributed by atoms with Crippen molar-refractivity contribution in [1.29, 1.82) is 0 Å². The van der Waals surface area contributed by atoms with Gasteiger partial charge in [0.2, 0.25) is 5.91 Å². The number of rotatable bonds is 4. The Kier molecular flexibility index (Phi) is 4.22. The normalized spacial score (nSPS) is 21.0. The molecule has 0 unspecified atom stereocenters. The van der Waals surface area contributed by atoms with Crippen LogP contribution >= 0.6 is 0 Å². The molecule has 1 aromatic carbocycles. The molecule has 1 aliphatic heterocycles. The number of hydrogen-bond acceptors (Lipinski definition) is 4. The van der Waals surface area contributed by atoms with Crippen LogP contribution in [0.4, 0.5) is 10.1 Å². The molecular formula is C20H25FN4O2. The highest BCUT2D eigenvalue weighted by atomic mass is 19.1. The fourth-order valence-corrected chi connectivity index (χ4v) is 4.36. The molecule has 0 bridgehead atoms. The summed E-state index contributed by atoms with van der Waals surface area (Å²) in [5.74, 6) is -0.805. The van der Waals surface area contributed by atoms with E-state index in [1.165, 1.54) is 12.1 Å². The van der Waals surface area contributed by atoms with Crippen LogP contribution in [0.3, 0.4) is 0 Å². The number of carbonyl (C=O) groups excluding carboxylic acids is 1. The number of pyridine rings is 1. The maximum absolute atomic E-state index is 15.1. The first-order valence-corrected chi connectivity index (χ1v) is 9.48. The Balaban J connectivity index is 1.96. The summed E-state index contributed by atoms with van der Waals surface area (Å²) in [6.45, 7) is 5.20. The van der Waals surface area contributed by atoms with Crippen molar-refractivity contribution < 1.29 is 9.18 Å². The summed E-state index contributed by atoms with van der Waals surface area (Å²) in [6.07, 6.45) is 2.73. The molecule has 4 N–H and O–H groups in total. The summed E-state index contributed by atoms with van der Waals surface area (Å²) in [4.78, 5) is 26.6. The molecule has 0 spiro atoms. The van der Waals surface area contributed by atoms with E-state index < -0.39 is 11.7 Å². The molecule has 6 nitrogen and oxygen atoms in total. The molecule has 1 saturated heterocycles. The predicted octanol–water partition coefficient (Wildman–Crippen LogP) is 2.06. The van der Waals surface area contributed by atoms with E-state index in [4.69, 9.17) is 11.5 Å². The van der Waals surface area contributed by atoms with Gasteiger partial charge in [0.15, 0.2) is 0 Å². The number of aryl methyl sites for hydroxylation is 1. The number of primary amides is 1. The minimum absolute atomic E-state index is 0.0462. The Morgan fingerprint density at radius 1 is 1.30 bits per heavy atom. The molecule has 1 amide bonds. The average molecular weight is 372 g/mol. The molecule has 2 fully saturated rings. The lowest BCUT2D eigenvalue weighted by Crippen LogP contribution is -2.30. The lowest BCUT2D eigenvalue weighted by molar-refractivity contribution is 0.100. The van der Waals surface area contributed by atoms with Gasteiger partial charge in [0.05, 0.1) is 16.8 Å². The van der Waals surface area contributed by atoms with Crippen LogP contribution in [0, 0.1) is 18.7 Å². The molecule has 4 rings (SSSR count). The third-order valence-corrected chi connectivity index (χ3v) is 5.96. The van der Waals surface area contributed by atoms with E-state index in [9.17, 15) is 9.59 Å². The number of carbonyl (C=O) groups is 1. The predicted molar refractivity (Wildman–Crippen MR) is 104 cm³/mol. The van der Waals surface area contributed by atoms with E-state index in [0.29, 0.717) is 34.6 Å². The maximum Gasteiger partial charge on any atom is 0.252 e. The number of fused-ring (bicyclic) bond motifs is 1. The van der Waals surface area contributed by atoms with Crippen LogP contribution < -0.4 is 21.9 Å². The Morgan fingerprint density at radius 3 is 2.56 bits per heavy atom. The highest BCUT2D eigenvalue weighted by Gasteiger charge is 2.32. The highest BCUT2D eigenvalue weighted by Crippen LogP contribution is 2.40. The van der Waals surface area contributed by atoms with Crippen LogP contribution in [-0.2, 0) is 0 Å². The molecule has 2 heterocycles. The van der Waals surface area contributed by atoms with E-state index in [1.807, 2.05) is 18.7 Å². The zero-order valence-corrected chi connectivity index (χ0v) is 15.7. The lowest BCUT2D eigenvalue weighted by Gasteiger charge is -2.25. The summed E-state index contributed by atoms with van der Waals surface area (Å²) in [5.41, 5.74) is 13.1. The van der Waals surface area contributed by atoms with E-state index >= 15 is 4.39 Å². The molecule has 27 heavy (non-hydrogen) atoms. The highest BCUT2D eigenvalue weighted by molar-refractivity contribution is 6.07. The molecule has 2 aromatic rings. The monoisotopic (exact) mass is 372 g/mol. The molecule has 1 aliphatic carbocycles. The quantitative estimate of drug-likeness (QED) is 0.859. The Hall–Kier alpha value is -2.41. The third-order valence-electron chi connectivity index (χ3n) is 5.96. The van der Waals surface area contributed by atoms with Gasteiger partial charge in [0.1, 0.15) is 5.82 Å². The van der Waals surface area contributed by atoms with Crippen molar-refractivity contribution in [3.63, 3.8) is 0 Å². The molecule has 1 saturated carbocycles. The van der Waals surface area contributed by atoms with Gasteiger partial charge in [-0.25, -0.2) is 4.39 Å². The Morgan fingerprint density at radius 2 is 2.00 bits per heavy atom. The van der Waals surface area contributed by atoms with Gasteiger partial charge in [0, 0.05) is 36.6 Å². The van der Waals surface area contributed by atoms with Crippen molar-refractivity contribution in [3.05, 3.63) is 39.4 Å². The summed E-state index contributed by atoms with van der Waals surface area (Å²) in [7, 11) is 0. The molecule has 144 valence electrons. The molecule has 7 heteroatoms. The summed E-state index contributed by atoms with van der Waals surface area (Å²) in [5, 5.41) is 0.413. The van der Waals surface area contributed by atoms with Crippen LogP contribution in [0.1, 0.15) is 48.1 Å². The molecule has 2 atom stereocenters. The summed E-state index contributed by atoms with van der Waals surface area (Å²) in [6, 6.07) is 2.75. The SMILES string of the molecule is Cc1c(N2CC[C@@H]([C@H](C)N)C2)c(F)cc2c(C(N)=O)cc(=O)n(C3CC3)c12. The van der Waals surface area contributed by atoms with Gasteiger partial charge in [-0.05, 0) is 50.7 Å². The topological polar surface area (TPSA) is 94.3 Å². The first kappa shape index (κ1) is 18.0. The lowest BCUT2D eigenvalue weighted by atomic mass is 10.0. The van der Waals surface area contributed by atoms with Gasteiger partial charge < -0.3 is 20.9 Å². The van der Waals surface area contributed by atoms with E-state index in [1.54, 1.807) is 4.57 Å².